The number of likely N-dealkylation sites (N-methyl/N-ethyl adjacent to an activating group) is 1. The zero-order valence-corrected chi connectivity index (χ0v) is 9.22. The molecule has 0 atom stereocenters. The lowest BCUT2D eigenvalue weighted by Gasteiger charge is -2.15. The summed E-state index contributed by atoms with van der Waals surface area (Å²) < 4.78 is 0. The van der Waals surface area contributed by atoms with Gasteiger partial charge in [0, 0.05) is 24.9 Å². The van der Waals surface area contributed by atoms with Gasteiger partial charge in [0.15, 0.2) is 0 Å². The topological polar surface area (TPSA) is 3.24 Å². The number of rotatable bonds is 1. The Labute approximate surface area is 86.1 Å². The van der Waals surface area contributed by atoms with Crippen LogP contribution in [-0.2, 0) is 12.8 Å². The highest BCUT2D eigenvalue weighted by atomic mass is 15.1. The molecule has 0 saturated carbocycles. The molecule has 2 rings (SSSR count). The standard InChI is InChI=1S/C13H17N/c1-5-11-6-9(2)12-7-10(3)14(4)13(12)8-11/h6,8H,3,5,7H2,1-2,4H3. The zero-order valence-electron chi connectivity index (χ0n) is 9.22. The van der Waals surface area contributed by atoms with E-state index in [9.17, 15) is 0 Å². The molecule has 1 heterocycles. The SMILES string of the molecule is C=C1Cc2c(C)cc(CC)cc2N1C. The molecule has 0 bridgehead atoms. The Morgan fingerprint density at radius 1 is 1.43 bits per heavy atom. The van der Waals surface area contributed by atoms with Gasteiger partial charge in [0.1, 0.15) is 0 Å². The molecule has 0 unspecified atom stereocenters. The summed E-state index contributed by atoms with van der Waals surface area (Å²) >= 11 is 0. The summed E-state index contributed by atoms with van der Waals surface area (Å²) in [6, 6.07) is 4.59. The average Bonchev–Trinajstić information content (AvgIpc) is 2.45. The second-order valence-electron chi connectivity index (χ2n) is 4.07. The Morgan fingerprint density at radius 3 is 2.79 bits per heavy atom. The Bertz CT molecular complexity index is 390. The van der Waals surface area contributed by atoms with Crippen molar-refractivity contribution in [2.45, 2.75) is 26.7 Å². The van der Waals surface area contributed by atoms with Crippen LogP contribution in [0.25, 0.3) is 0 Å². The molecule has 1 aromatic rings. The molecular weight excluding hydrogens is 170 g/mol. The average molecular weight is 187 g/mol. The van der Waals surface area contributed by atoms with Crippen LogP contribution in [0.5, 0.6) is 0 Å². The van der Waals surface area contributed by atoms with E-state index in [0.29, 0.717) is 0 Å². The van der Waals surface area contributed by atoms with E-state index in [2.05, 4.69) is 44.5 Å². The molecule has 1 aliphatic heterocycles. The summed E-state index contributed by atoms with van der Waals surface area (Å²) in [5.41, 5.74) is 6.84. The van der Waals surface area contributed by atoms with Gasteiger partial charge in [0.2, 0.25) is 0 Å². The molecule has 1 heteroatoms. The van der Waals surface area contributed by atoms with Gasteiger partial charge in [-0.25, -0.2) is 0 Å². The molecule has 1 nitrogen and oxygen atoms in total. The largest absolute Gasteiger partial charge is 0.348 e. The van der Waals surface area contributed by atoms with Gasteiger partial charge in [-0.15, -0.1) is 0 Å². The van der Waals surface area contributed by atoms with Gasteiger partial charge in [0.05, 0.1) is 0 Å². The summed E-state index contributed by atoms with van der Waals surface area (Å²) in [7, 11) is 2.10. The molecule has 0 radical (unpaired) electrons. The number of hydrogen-bond donors (Lipinski definition) is 0. The Hall–Kier alpha value is -1.24. The first-order valence-corrected chi connectivity index (χ1v) is 5.17. The minimum Gasteiger partial charge on any atom is -0.348 e. The minimum atomic E-state index is 1.02. The fourth-order valence-corrected chi connectivity index (χ4v) is 2.10. The van der Waals surface area contributed by atoms with Crippen molar-refractivity contribution in [1.29, 1.82) is 0 Å². The quantitative estimate of drug-likeness (QED) is 0.653. The highest BCUT2D eigenvalue weighted by Gasteiger charge is 2.21. The van der Waals surface area contributed by atoms with Crippen LogP contribution in [0.3, 0.4) is 0 Å². The molecule has 0 aromatic heterocycles. The van der Waals surface area contributed by atoms with Gasteiger partial charge < -0.3 is 4.90 Å². The zero-order chi connectivity index (χ0) is 10.3. The number of fused-ring (bicyclic) bond motifs is 1. The smallest absolute Gasteiger partial charge is 0.0447 e. The van der Waals surface area contributed by atoms with Crippen LogP contribution in [0, 0.1) is 6.92 Å². The second-order valence-corrected chi connectivity index (χ2v) is 4.07. The lowest BCUT2D eigenvalue weighted by Crippen LogP contribution is -2.09. The van der Waals surface area contributed by atoms with Crippen LogP contribution in [0.4, 0.5) is 5.69 Å². The maximum Gasteiger partial charge on any atom is 0.0447 e. The Balaban J connectivity index is 2.57. The van der Waals surface area contributed by atoms with Gasteiger partial charge >= 0.3 is 0 Å². The monoisotopic (exact) mass is 187 g/mol. The Kier molecular flexibility index (Phi) is 2.10. The van der Waals surface area contributed by atoms with Gasteiger partial charge in [-0.3, -0.25) is 0 Å². The number of nitrogens with zero attached hydrogens (tertiary/aromatic N) is 1. The third-order valence-corrected chi connectivity index (χ3v) is 3.13. The fraction of sp³-hybridized carbons (Fsp3) is 0.385. The minimum absolute atomic E-state index is 1.02. The summed E-state index contributed by atoms with van der Waals surface area (Å²) in [6.07, 6.45) is 2.12. The Morgan fingerprint density at radius 2 is 2.14 bits per heavy atom. The molecule has 0 saturated heterocycles. The molecule has 14 heavy (non-hydrogen) atoms. The van der Waals surface area contributed by atoms with Crippen LogP contribution < -0.4 is 4.90 Å². The molecule has 1 aliphatic rings. The number of aryl methyl sites for hydroxylation is 2. The molecule has 0 fully saturated rings. The molecule has 0 aliphatic carbocycles. The van der Waals surface area contributed by atoms with Crippen LogP contribution >= 0.6 is 0 Å². The summed E-state index contributed by atoms with van der Waals surface area (Å²) in [5.74, 6) is 0. The maximum atomic E-state index is 4.07. The van der Waals surface area contributed by atoms with Gasteiger partial charge in [-0.2, -0.15) is 0 Å². The lowest BCUT2D eigenvalue weighted by molar-refractivity contribution is 1.10. The summed E-state index contributed by atoms with van der Waals surface area (Å²) in [4.78, 5) is 2.21. The molecule has 0 N–H and O–H groups in total. The van der Waals surface area contributed by atoms with Crippen molar-refractivity contribution in [1.82, 2.24) is 0 Å². The van der Waals surface area contributed by atoms with Crippen molar-refractivity contribution >= 4 is 5.69 Å². The highest BCUT2D eigenvalue weighted by Crippen LogP contribution is 2.35. The fourth-order valence-electron chi connectivity index (χ4n) is 2.10. The number of benzene rings is 1. The van der Waals surface area contributed by atoms with E-state index in [1.165, 1.54) is 28.1 Å². The van der Waals surface area contributed by atoms with Gasteiger partial charge in [-0.1, -0.05) is 19.6 Å². The molecule has 0 amide bonds. The number of allylic oxidation sites excluding steroid dienone is 1. The van der Waals surface area contributed by atoms with E-state index in [1.807, 2.05) is 0 Å². The van der Waals surface area contributed by atoms with Crippen molar-refractivity contribution in [3.05, 3.63) is 41.1 Å². The van der Waals surface area contributed by atoms with Crippen molar-refractivity contribution in [3.8, 4) is 0 Å². The van der Waals surface area contributed by atoms with E-state index in [-0.39, 0.29) is 0 Å². The second kappa shape index (κ2) is 3.16. The van der Waals surface area contributed by atoms with Crippen molar-refractivity contribution in [3.63, 3.8) is 0 Å². The molecule has 74 valence electrons. The molecule has 0 spiro atoms. The van der Waals surface area contributed by atoms with Crippen LogP contribution in [0.2, 0.25) is 0 Å². The number of anilines is 1. The van der Waals surface area contributed by atoms with Crippen LogP contribution in [0.1, 0.15) is 23.6 Å². The van der Waals surface area contributed by atoms with Gasteiger partial charge in [-0.05, 0) is 36.1 Å². The van der Waals surface area contributed by atoms with E-state index >= 15 is 0 Å². The first-order valence-electron chi connectivity index (χ1n) is 5.17. The van der Waals surface area contributed by atoms with Crippen molar-refractivity contribution in [2.75, 3.05) is 11.9 Å². The predicted molar refractivity (Wildman–Crippen MR) is 61.8 cm³/mol. The van der Waals surface area contributed by atoms with Crippen molar-refractivity contribution < 1.29 is 0 Å². The van der Waals surface area contributed by atoms with E-state index in [1.54, 1.807) is 0 Å². The van der Waals surface area contributed by atoms with E-state index < -0.39 is 0 Å². The van der Waals surface area contributed by atoms with Crippen LogP contribution in [-0.4, -0.2) is 7.05 Å². The maximum absolute atomic E-state index is 4.07. The highest BCUT2D eigenvalue weighted by molar-refractivity contribution is 5.67. The van der Waals surface area contributed by atoms with E-state index in [4.69, 9.17) is 0 Å². The third-order valence-electron chi connectivity index (χ3n) is 3.13. The van der Waals surface area contributed by atoms with Gasteiger partial charge in [0.25, 0.3) is 0 Å². The first-order chi connectivity index (χ1) is 6.63. The van der Waals surface area contributed by atoms with E-state index in [0.717, 1.165) is 12.8 Å². The third kappa shape index (κ3) is 1.24. The predicted octanol–water partition coefficient (Wildman–Crippen LogP) is 3.06. The summed E-state index contributed by atoms with van der Waals surface area (Å²) in [6.45, 7) is 8.47. The summed E-state index contributed by atoms with van der Waals surface area (Å²) in [5, 5.41) is 0. The van der Waals surface area contributed by atoms with Crippen molar-refractivity contribution in [2.24, 2.45) is 0 Å². The normalized spacial score (nSPS) is 14.8. The number of hydrogen-bond acceptors (Lipinski definition) is 1. The molecule has 1 aromatic carbocycles. The van der Waals surface area contributed by atoms with Crippen LogP contribution in [0.15, 0.2) is 24.4 Å². The first kappa shape index (κ1) is 9.32. The molecular formula is C13H17N. The lowest BCUT2D eigenvalue weighted by atomic mass is 10.0.